The number of phenols is 1. The molecule has 4 N–H and O–H groups in total. The number of rotatable bonds is 0. The van der Waals surface area contributed by atoms with Gasteiger partial charge in [0, 0.05) is 30.4 Å². The van der Waals surface area contributed by atoms with Crippen molar-refractivity contribution in [2.45, 2.75) is 19.6 Å². The largest absolute Gasteiger partial charge is 0.508 e. The molecule has 0 bridgehead atoms. The second-order valence-corrected chi connectivity index (χ2v) is 4.21. The lowest BCUT2D eigenvalue weighted by molar-refractivity contribution is 0.108. The topological polar surface area (TPSA) is 69.7 Å². The standard InChI is InChI=1S/C11H16N2O2/c1-6-7-4-13(2)5-10(15)11(7)8(12)3-9(6)14/h3,10,14-15H,4-5,12H2,1-2H3. The van der Waals surface area contributed by atoms with E-state index in [2.05, 4.69) is 0 Å². The summed E-state index contributed by atoms with van der Waals surface area (Å²) in [6.07, 6.45) is -0.557. The molecule has 1 aliphatic rings. The van der Waals surface area contributed by atoms with Crippen LogP contribution in [-0.4, -0.2) is 28.7 Å². The molecule has 0 amide bonds. The molecule has 1 aliphatic heterocycles. The van der Waals surface area contributed by atoms with Crippen LogP contribution in [0.3, 0.4) is 0 Å². The van der Waals surface area contributed by atoms with Gasteiger partial charge in [-0.25, -0.2) is 0 Å². The van der Waals surface area contributed by atoms with Gasteiger partial charge in [-0.2, -0.15) is 0 Å². The molecular formula is C11H16N2O2. The fraction of sp³-hybridized carbons (Fsp3) is 0.455. The molecule has 1 aromatic carbocycles. The maximum absolute atomic E-state index is 9.92. The molecule has 0 spiro atoms. The number of hydrogen-bond donors (Lipinski definition) is 3. The number of β-amino-alcohol motifs (C(OH)–C–C–N with tert-alkyl or cyclic N) is 1. The summed E-state index contributed by atoms with van der Waals surface area (Å²) in [7, 11) is 1.94. The van der Waals surface area contributed by atoms with Gasteiger partial charge in [0.2, 0.25) is 0 Å². The Morgan fingerprint density at radius 1 is 1.53 bits per heavy atom. The van der Waals surface area contributed by atoms with Crippen molar-refractivity contribution in [2.75, 3.05) is 19.3 Å². The normalized spacial score (nSPS) is 21.4. The highest BCUT2D eigenvalue weighted by molar-refractivity contribution is 5.60. The Kier molecular flexibility index (Phi) is 2.32. The van der Waals surface area contributed by atoms with Gasteiger partial charge in [-0.05, 0) is 25.1 Å². The van der Waals surface area contributed by atoms with Crippen molar-refractivity contribution in [1.29, 1.82) is 0 Å². The lowest BCUT2D eigenvalue weighted by Gasteiger charge is -2.31. The molecular weight excluding hydrogens is 192 g/mol. The summed E-state index contributed by atoms with van der Waals surface area (Å²) in [5.74, 6) is 0.203. The second kappa shape index (κ2) is 3.40. The average molecular weight is 208 g/mol. The third-order valence-corrected chi connectivity index (χ3v) is 3.01. The number of likely N-dealkylation sites (N-methyl/N-ethyl adjacent to an activating group) is 1. The molecule has 4 heteroatoms. The summed E-state index contributed by atoms with van der Waals surface area (Å²) in [5, 5.41) is 19.6. The smallest absolute Gasteiger partial charge is 0.120 e. The van der Waals surface area contributed by atoms with Crippen molar-refractivity contribution < 1.29 is 10.2 Å². The quantitative estimate of drug-likeness (QED) is 0.551. The summed E-state index contributed by atoms with van der Waals surface area (Å²) in [6, 6.07) is 1.52. The average Bonchev–Trinajstić information content (AvgIpc) is 2.12. The number of nitrogens with zero attached hydrogens (tertiary/aromatic N) is 1. The molecule has 0 saturated carbocycles. The molecule has 0 saturated heterocycles. The number of hydrogen-bond acceptors (Lipinski definition) is 4. The van der Waals surface area contributed by atoms with Gasteiger partial charge >= 0.3 is 0 Å². The molecule has 1 aromatic rings. The summed E-state index contributed by atoms with van der Waals surface area (Å²) < 4.78 is 0. The Morgan fingerprint density at radius 3 is 2.87 bits per heavy atom. The molecule has 1 heterocycles. The lowest BCUT2D eigenvalue weighted by atomic mass is 9.91. The number of aromatic hydroxyl groups is 1. The molecule has 4 nitrogen and oxygen atoms in total. The Morgan fingerprint density at radius 2 is 2.20 bits per heavy atom. The number of nitrogens with two attached hydrogens (primary N) is 1. The van der Waals surface area contributed by atoms with Crippen molar-refractivity contribution in [2.24, 2.45) is 0 Å². The van der Waals surface area contributed by atoms with Gasteiger partial charge in [-0.3, -0.25) is 4.90 Å². The van der Waals surface area contributed by atoms with Crippen molar-refractivity contribution in [1.82, 2.24) is 4.90 Å². The number of aliphatic hydroxyl groups is 1. The van der Waals surface area contributed by atoms with E-state index in [9.17, 15) is 10.2 Å². The Balaban J connectivity index is 2.63. The third kappa shape index (κ3) is 1.56. The predicted molar refractivity (Wildman–Crippen MR) is 58.6 cm³/mol. The van der Waals surface area contributed by atoms with E-state index in [0.29, 0.717) is 12.2 Å². The minimum absolute atomic E-state index is 0.203. The van der Waals surface area contributed by atoms with Crippen LogP contribution >= 0.6 is 0 Å². The summed E-state index contributed by atoms with van der Waals surface area (Å²) in [5.41, 5.74) is 8.83. The van der Waals surface area contributed by atoms with Crippen LogP contribution in [0.25, 0.3) is 0 Å². The van der Waals surface area contributed by atoms with Crippen LogP contribution in [0.15, 0.2) is 6.07 Å². The van der Waals surface area contributed by atoms with Crippen LogP contribution in [0.5, 0.6) is 5.75 Å². The van der Waals surface area contributed by atoms with Gasteiger partial charge in [0.15, 0.2) is 0 Å². The first kappa shape index (κ1) is 10.3. The lowest BCUT2D eigenvalue weighted by Crippen LogP contribution is -2.31. The minimum Gasteiger partial charge on any atom is -0.508 e. The van der Waals surface area contributed by atoms with E-state index in [0.717, 1.165) is 23.2 Å². The molecule has 2 rings (SSSR count). The van der Waals surface area contributed by atoms with E-state index >= 15 is 0 Å². The monoisotopic (exact) mass is 208 g/mol. The molecule has 0 aromatic heterocycles. The van der Waals surface area contributed by atoms with Crippen molar-refractivity contribution in [3.63, 3.8) is 0 Å². The zero-order valence-corrected chi connectivity index (χ0v) is 8.99. The first-order valence-corrected chi connectivity index (χ1v) is 4.98. The fourth-order valence-electron chi connectivity index (χ4n) is 2.18. The maximum atomic E-state index is 9.92. The Bertz CT molecular complexity index is 404. The van der Waals surface area contributed by atoms with Crippen molar-refractivity contribution >= 4 is 5.69 Å². The SMILES string of the molecule is Cc1c(O)cc(N)c2c1CN(C)CC2O. The van der Waals surface area contributed by atoms with E-state index in [4.69, 9.17) is 5.73 Å². The van der Waals surface area contributed by atoms with Gasteiger partial charge in [0.25, 0.3) is 0 Å². The summed E-state index contributed by atoms with van der Waals surface area (Å²) in [6.45, 7) is 3.15. The summed E-state index contributed by atoms with van der Waals surface area (Å²) in [4.78, 5) is 2.01. The van der Waals surface area contributed by atoms with Crippen molar-refractivity contribution in [3.8, 4) is 5.75 Å². The number of nitrogen functional groups attached to an aromatic ring is 1. The second-order valence-electron chi connectivity index (χ2n) is 4.21. The first-order valence-electron chi connectivity index (χ1n) is 4.98. The van der Waals surface area contributed by atoms with Crippen LogP contribution in [-0.2, 0) is 6.54 Å². The Hall–Kier alpha value is -1.26. The molecule has 15 heavy (non-hydrogen) atoms. The van der Waals surface area contributed by atoms with E-state index < -0.39 is 6.10 Å². The zero-order chi connectivity index (χ0) is 11.2. The van der Waals surface area contributed by atoms with Crippen LogP contribution in [0.4, 0.5) is 5.69 Å². The highest BCUT2D eigenvalue weighted by atomic mass is 16.3. The highest BCUT2D eigenvalue weighted by Gasteiger charge is 2.26. The number of phenolic OH excluding ortho intramolecular Hbond substituents is 1. The van der Waals surface area contributed by atoms with E-state index in [1.807, 2.05) is 18.9 Å². The van der Waals surface area contributed by atoms with Gasteiger partial charge < -0.3 is 15.9 Å². The minimum atomic E-state index is -0.557. The van der Waals surface area contributed by atoms with Crippen LogP contribution in [0.2, 0.25) is 0 Å². The molecule has 1 atom stereocenters. The molecule has 0 aliphatic carbocycles. The van der Waals surface area contributed by atoms with Crippen molar-refractivity contribution in [3.05, 3.63) is 22.8 Å². The van der Waals surface area contributed by atoms with Crippen LogP contribution in [0, 0.1) is 6.92 Å². The number of anilines is 1. The molecule has 82 valence electrons. The van der Waals surface area contributed by atoms with Gasteiger partial charge in [0.05, 0.1) is 6.10 Å². The first-order chi connectivity index (χ1) is 7.00. The van der Waals surface area contributed by atoms with E-state index in [1.165, 1.54) is 6.07 Å². The van der Waals surface area contributed by atoms with Crippen LogP contribution in [0.1, 0.15) is 22.8 Å². The predicted octanol–water partition coefficient (Wildman–Crippen LogP) is 0.762. The maximum Gasteiger partial charge on any atom is 0.120 e. The third-order valence-electron chi connectivity index (χ3n) is 3.01. The summed E-state index contributed by atoms with van der Waals surface area (Å²) >= 11 is 0. The molecule has 1 unspecified atom stereocenters. The van der Waals surface area contributed by atoms with E-state index in [1.54, 1.807) is 0 Å². The van der Waals surface area contributed by atoms with E-state index in [-0.39, 0.29) is 5.75 Å². The fourth-order valence-corrected chi connectivity index (χ4v) is 2.18. The molecule has 0 fully saturated rings. The highest BCUT2D eigenvalue weighted by Crippen LogP contribution is 2.36. The van der Waals surface area contributed by atoms with Gasteiger partial charge in [0.1, 0.15) is 5.75 Å². The number of aliphatic hydroxyl groups excluding tert-OH is 1. The van der Waals surface area contributed by atoms with Gasteiger partial charge in [-0.1, -0.05) is 0 Å². The number of fused-ring (bicyclic) bond motifs is 1. The van der Waals surface area contributed by atoms with Crippen LogP contribution < -0.4 is 5.73 Å². The zero-order valence-electron chi connectivity index (χ0n) is 8.99. The van der Waals surface area contributed by atoms with Gasteiger partial charge in [-0.15, -0.1) is 0 Å². The number of benzene rings is 1. The molecule has 0 radical (unpaired) electrons. The Labute approximate surface area is 88.9 Å².